The number of carboxylic acid groups (broad SMARTS) is 1. The van der Waals surface area contributed by atoms with E-state index in [2.05, 4.69) is 31.4 Å². The molecule has 1 aromatic carbocycles. The number of aromatic nitrogens is 2. The normalized spacial score (nSPS) is 10.2. The standard InChI is InChI=1S/C12H10BrN3O3/c1-6-5-9(16-15-6)11(17)14-10-7(12(18)19)3-2-4-8(10)13/h2-5H,1H3,(H,14,17)(H,15,16)(H,18,19). The third kappa shape index (κ3) is 2.82. The molecule has 0 aliphatic carbocycles. The van der Waals surface area contributed by atoms with Crippen LogP contribution < -0.4 is 5.32 Å². The molecule has 0 aliphatic rings. The van der Waals surface area contributed by atoms with Crippen LogP contribution >= 0.6 is 15.9 Å². The van der Waals surface area contributed by atoms with E-state index in [4.69, 9.17) is 5.11 Å². The fourth-order valence-corrected chi connectivity index (χ4v) is 2.01. The summed E-state index contributed by atoms with van der Waals surface area (Å²) in [5, 5.41) is 18.1. The summed E-state index contributed by atoms with van der Waals surface area (Å²) in [6.07, 6.45) is 0. The zero-order chi connectivity index (χ0) is 14.0. The molecule has 0 saturated carbocycles. The number of hydrogen-bond acceptors (Lipinski definition) is 3. The van der Waals surface area contributed by atoms with E-state index >= 15 is 0 Å². The van der Waals surface area contributed by atoms with E-state index in [9.17, 15) is 9.59 Å². The van der Waals surface area contributed by atoms with Crippen LogP contribution in [0.1, 0.15) is 26.5 Å². The monoisotopic (exact) mass is 323 g/mol. The molecule has 0 bridgehead atoms. The van der Waals surface area contributed by atoms with Crippen molar-refractivity contribution < 1.29 is 14.7 Å². The first-order chi connectivity index (χ1) is 8.99. The molecule has 1 heterocycles. The molecule has 19 heavy (non-hydrogen) atoms. The molecule has 3 N–H and O–H groups in total. The van der Waals surface area contributed by atoms with Gasteiger partial charge in [-0.15, -0.1) is 0 Å². The number of aromatic carboxylic acids is 1. The number of anilines is 1. The van der Waals surface area contributed by atoms with Crippen LogP contribution in [0.25, 0.3) is 0 Å². The van der Waals surface area contributed by atoms with Crippen LogP contribution in [-0.4, -0.2) is 27.2 Å². The predicted octanol–water partition coefficient (Wildman–Crippen LogP) is 2.43. The molecule has 0 saturated heterocycles. The van der Waals surface area contributed by atoms with E-state index in [1.165, 1.54) is 6.07 Å². The number of amides is 1. The van der Waals surface area contributed by atoms with Crippen molar-refractivity contribution in [3.8, 4) is 0 Å². The second-order valence-corrected chi connectivity index (χ2v) is 4.71. The zero-order valence-corrected chi connectivity index (χ0v) is 11.5. The number of hydrogen-bond donors (Lipinski definition) is 3. The summed E-state index contributed by atoms with van der Waals surface area (Å²) in [4.78, 5) is 23.0. The van der Waals surface area contributed by atoms with Crippen molar-refractivity contribution in [2.75, 3.05) is 5.32 Å². The molecule has 6 nitrogen and oxygen atoms in total. The number of benzene rings is 1. The Morgan fingerprint density at radius 3 is 2.74 bits per heavy atom. The third-order valence-corrected chi connectivity index (χ3v) is 3.08. The zero-order valence-electron chi connectivity index (χ0n) is 9.90. The summed E-state index contributed by atoms with van der Waals surface area (Å²) >= 11 is 3.22. The molecule has 0 atom stereocenters. The maximum atomic E-state index is 11.9. The number of carbonyl (C=O) groups is 2. The number of nitrogens with one attached hydrogen (secondary N) is 2. The molecule has 0 fully saturated rings. The van der Waals surface area contributed by atoms with Gasteiger partial charge in [0.2, 0.25) is 0 Å². The van der Waals surface area contributed by atoms with Gasteiger partial charge in [0.1, 0.15) is 0 Å². The summed E-state index contributed by atoms with van der Waals surface area (Å²) in [5.74, 6) is -1.59. The quantitative estimate of drug-likeness (QED) is 0.808. The first kappa shape index (κ1) is 13.3. The molecule has 98 valence electrons. The van der Waals surface area contributed by atoms with Gasteiger partial charge >= 0.3 is 5.97 Å². The Morgan fingerprint density at radius 2 is 2.16 bits per heavy atom. The van der Waals surface area contributed by atoms with Gasteiger partial charge in [-0.3, -0.25) is 9.89 Å². The van der Waals surface area contributed by atoms with Crippen molar-refractivity contribution in [1.29, 1.82) is 0 Å². The number of H-pyrrole nitrogens is 1. The Bertz CT molecular complexity index is 651. The average Bonchev–Trinajstić information content (AvgIpc) is 2.78. The van der Waals surface area contributed by atoms with Gasteiger partial charge in [-0.25, -0.2) is 4.79 Å². The van der Waals surface area contributed by atoms with Crippen molar-refractivity contribution in [2.24, 2.45) is 0 Å². The highest BCUT2D eigenvalue weighted by Gasteiger charge is 2.17. The number of carbonyl (C=O) groups excluding carboxylic acids is 1. The molecule has 1 aromatic heterocycles. The van der Waals surface area contributed by atoms with Gasteiger partial charge in [0.05, 0.1) is 11.3 Å². The van der Waals surface area contributed by atoms with Crippen molar-refractivity contribution in [2.45, 2.75) is 6.92 Å². The maximum absolute atomic E-state index is 11.9. The van der Waals surface area contributed by atoms with Crippen molar-refractivity contribution in [1.82, 2.24) is 10.2 Å². The van der Waals surface area contributed by atoms with Crippen LogP contribution in [0.2, 0.25) is 0 Å². The van der Waals surface area contributed by atoms with Crippen LogP contribution in [0, 0.1) is 6.92 Å². The molecular formula is C12H10BrN3O3. The summed E-state index contributed by atoms with van der Waals surface area (Å²) in [5.41, 5.74) is 1.16. The third-order valence-electron chi connectivity index (χ3n) is 2.42. The Balaban J connectivity index is 2.33. The van der Waals surface area contributed by atoms with E-state index in [1.807, 2.05) is 0 Å². The van der Waals surface area contributed by atoms with Crippen LogP contribution in [0.15, 0.2) is 28.7 Å². The van der Waals surface area contributed by atoms with Crippen molar-refractivity contribution >= 4 is 33.5 Å². The highest BCUT2D eigenvalue weighted by molar-refractivity contribution is 9.10. The van der Waals surface area contributed by atoms with Gasteiger partial charge in [0.15, 0.2) is 5.69 Å². The molecule has 0 spiro atoms. The van der Waals surface area contributed by atoms with Gasteiger partial charge in [-0.1, -0.05) is 6.07 Å². The smallest absolute Gasteiger partial charge is 0.337 e. The second kappa shape index (κ2) is 5.23. The molecule has 7 heteroatoms. The summed E-state index contributed by atoms with van der Waals surface area (Å²) < 4.78 is 0.494. The number of aromatic amines is 1. The summed E-state index contributed by atoms with van der Waals surface area (Å²) in [6, 6.07) is 6.23. The molecule has 1 amide bonds. The van der Waals surface area contributed by atoms with Crippen LogP contribution in [0.5, 0.6) is 0 Å². The molecule has 0 aliphatic heterocycles. The Kier molecular flexibility index (Phi) is 3.66. The number of halogens is 1. The molecule has 0 radical (unpaired) electrons. The first-order valence-electron chi connectivity index (χ1n) is 5.34. The molecule has 0 unspecified atom stereocenters. The largest absolute Gasteiger partial charge is 0.478 e. The fourth-order valence-electron chi connectivity index (χ4n) is 1.54. The fraction of sp³-hybridized carbons (Fsp3) is 0.0833. The second-order valence-electron chi connectivity index (χ2n) is 3.86. The minimum atomic E-state index is -1.12. The lowest BCUT2D eigenvalue weighted by Gasteiger charge is -2.09. The van der Waals surface area contributed by atoms with Crippen LogP contribution in [0.4, 0.5) is 5.69 Å². The average molecular weight is 324 g/mol. The lowest BCUT2D eigenvalue weighted by Crippen LogP contribution is -2.15. The lowest BCUT2D eigenvalue weighted by molar-refractivity contribution is 0.0698. The van der Waals surface area contributed by atoms with Crippen molar-refractivity contribution in [3.63, 3.8) is 0 Å². The number of rotatable bonds is 3. The van der Waals surface area contributed by atoms with E-state index in [-0.39, 0.29) is 16.9 Å². The van der Waals surface area contributed by atoms with Crippen LogP contribution in [-0.2, 0) is 0 Å². The number of nitrogens with zero attached hydrogens (tertiary/aromatic N) is 1. The number of para-hydroxylation sites is 1. The van der Waals surface area contributed by atoms with E-state index < -0.39 is 11.9 Å². The molecular weight excluding hydrogens is 314 g/mol. The first-order valence-corrected chi connectivity index (χ1v) is 6.13. The molecule has 2 rings (SSSR count). The SMILES string of the molecule is Cc1cc(C(=O)Nc2c(Br)cccc2C(=O)O)n[nH]1. The van der Waals surface area contributed by atoms with Crippen LogP contribution in [0.3, 0.4) is 0 Å². The maximum Gasteiger partial charge on any atom is 0.337 e. The highest BCUT2D eigenvalue weighted by Crippen LogP contribution is 2.27. The van der Waals surface area contributed by atoms with E-state index in [1.54, 1.807) is 25.1 Å². The Morgan fingerprint density at radius 1 is 1.42 bits per heavy atom. The summed E-state index contributed by atoms with van der Waals surface area (Å²) in [7, 11) is 0. The number of aryl methyl sites for hydroxylation is 1. The minimum Gasteiger partial charge on any atom is -0.478 e. The lowest BCUT2D eigenvalue weighted by atomic mass is 10.1. The van der Waals surface area contributed by atoms with Gasteiger partial charge in [0.25, 0.3) is 5.91 Å². The number of carboxylic acids is 1. The molecule has 2 aromatic rings. The van der Waals surface area contributed by atoms with Gasteiger partial charge in [-0.2, -0.15) is 5.10 Å². The van der Waals surface area contributed by atoms with Gasteiger partial charge in [-0.05, 0) is 41.1 Å². The van der Waals surface area contributed by atoms with E-state index in [0.29, 0.717) is 4.47 Å². The Hall–Kier alpha value is -2.15. The van der Waals surface area contributed by atoms with E-state index in [0.717, 1.165) is 5.69 Å². The Labute approximate surface area is 117 Å². The van der Waals surface area contributed by atoms with Gasteiger partial charge < -0.3 is 10.4 Å². The predicted molar refractivity (Wildman–Crippen MR) is 72.4 cm³/mol. The summed E-state index contributed by atoms with van der Waals surface area (Å²) in [6.45, 7) is 1.77. The van der Waals surface area contributed by atoms with Gasteiger partial charge in [0, 0.05) is 10.2 Å². The topological polar surface area (TPSA) is 95.1 Å². The highest BCUT2D eigenvalue weighted by atomic mass is 79.9. The van der Waals surface area contributed by atoms with Crippen molar-refractivity contribution in [3.05, 3.63) is 45.7 Å². The minimum absolute atomic E-state index is 0.00924.